The molecule has 0 radical (unpaired) electrons. The number of hydrogen-bond acceptors (Lipinski definition) is 4. The molecule has 4 fully saturated rings. The van der Waals surface area contributed by atoms with E-state index >= 15 is 0 Å². The van der Waals surface area contributed by atoms with Gasteiger partial charge in [-0.15, -0.1) is 0 Å². The Morgan fingerprint density at radius 2 is 1.65 bits per heavy atom. The molecule has 2 aromatic carbocycles. The van der Waals surface area contributed by atoms with Crippen molar-refractivity contribution in [3.63, 3.8) is 0 Å². The van der Waals surface area contributed by atoms with Gasteiger partial charge in [-0.3, -0.25) is 4.79 Å². The summed E-state index contributed by atoms with van der Waals surface area (Å²) >= 11 is 0. The first-order valence-electron chi connectivity index (χ1n) is 12.8. The number of carbonyl (C=O) groups excluding carboxylic acids is 1. The van der Waals surface area contributed by atoms with Crippen LogP contribution in [0.2, 0.25) is 0 Å². The largest absolute Gasteiger partial charge is 0.508 e. The number of anilines is 2. The van der Waals surface area contributed by atoms with E-state index in [1.54, 1.807) is 12.1 Å². The fourth-order valence-corrected chi connectivity index (χ4v) is 7.41. The Balaban J connectivity index is 1.17. The molecule has 176 valence electrons. The molecule has 0 aliphatic heterocycles. The van der Waals surface area contributed by atoms with E-state index in [0.717, 1.165) is 58.7 Å². The summed E-state index contributed by atoms with van der Waals surface area (Å²) < 4.78 is 0. The van der Waals surface area contributed by atoms with Crippen molar-refractivity contribution in [2.75, 3.05) is 17.2 Å². The summed E-state index contributed by atoms with van der Waals surface area (Å²) in [5, 5.41) is 17.1. The van der Waals surface area contributed by atoms with Gasteiger partial charge in [-0.1, -0.05) is 30.3 Å². The van der Waals surface area contributed by atoms with Crippen LogP contribution < -0.4 is 10.6 Å². The summed E-state index contributed by atoms with van der Waals surface area (Å²) in [5.74, 6) is 3.75. The molecule has 4 bridgehead atoms. The van der Waals surface area contributed by atoms with Gasteiger partial charge >= 0.3 is 0 Å². The number of aromatic nitrogens is 1. The quantitative estimate of drug-likeness (QED) is 0.400. The van der Waals surface area contributed by atoms with Crippen LogP contribution in [0.5, 0.6) is 5.75 Å². The van der Waals surface area contributed by atoms with Crippen LogP contribution >= 0.6 is 0 Å². The Kier molecular flexibility index (Phi) is 5.43. The lowest BCUT2D eigenvalue weighted by molar-refractivity contribution is -0.124. The van der Waals surface area contributed by atoms with Crippen LogP contribution in [0.3, 0.4) is 0 Å². The van der Waals surface area contributed by atoms with Gasteiger partial charge in [0.2, 0.25) is 5.91 Å². The summed E-state index contributed by atoms with van der Waals surface area (Å²) in [6, 6.07) is 17.3. The lowest BCUT2D eigenvalue weighted by atomic mass is 9.49. The van der Waals surface area contributed by atoms with Gasteiger partial charge in [-0.25, -0.2) is 4.98 Å². The zero-order valence-corrected chi connectivity index (χ0v) is 19.6. The fraction of sp³-hybridized carbons (Fsp3) is 0.448. The van der Waals surface area contributed by atoms with Crippen LogP contribution in [-0.2, 0) is 11.2 Å². The molecule has 0 atom stereocenters. The van der Waals surface area contributed by atoms with Gasteiger partial charge in [0.05, 0.1) is 11.2 Å². The number of rotatable bonds is 7. The van der Waals surface area contributed by atoms with Crippen molar-refractivity contribution >= 4 is 28.3 Å². The van der Waals surface area contributed by atoms with Crippen molar-refractivity contribution in [3.05, 3.63) is 60.2 Å². The molecule has 7 rings (SSSR count). The molecule has 0 unspecified atom stereocenters. The maximum absolute atomic E-state index is 13.3. The van der Waals surface area contributed by atoms with Crippen molar-refractivity contribution in [2.24, 2.45) is 23.2 Å². The molecule has 5 heteroatoms. The van der Waals surface area contributed by atoms with Gasteiger partial charge in [0.15, 0.2) is 0 Å². The van der Waals surface area contributed by atoms with Crippen molar-refractivity contribution in [1.82, 2.24) is 4.98 Å². The second kappa shape index (κ2) is 8.61. The van der Waals surface area contributed by atoms with Crippen molar-refractivity contribution in [2.45, 2.75) is 51.4 Å². The number of phenolic OH excluding ortho intramolecular Hbond substituents is 1. The average Bonchev–Trinajstić information content (AvgIpc) is 2.79. The summed E-state index contributed by atoms with van der Waals surface area (Å²) in [4.78, 5) is 18.1. The highest BCUT2D eigenvalue weighted by atomic mass is 16.3. The highest BCUT2D eigenvalue weighted by Crippen LogP contribution is 2.61. The number of nitrogens with zero attached hydrogens (tertiary/aromatic N) is 1. The number of fused-ring (bicyclic) bond motifs is 1. The van der Waals surface area contributed by atoms with Crippen molar-refractivity contribution < 1.29 is 9.90 Å². The first-order chi connectivity index (χ1) is 16.5. The number of nitrogens with one attached hydrogen (secondary N) is 2. The fourth-order valence-electron chi connectivity index (χ4n) is 7.41. The lowest BCUT2D eigenvalue weighted by Crippen LogP contribution is -2.47. The molecule has 4 aliphatic carbocycles. The number of aromatic hydroxyl groups is 1. The number of amides is 1. The second-order valence-corrected chi connectivity index (χ2v) is 11.1. The van der Waals surface area contributed by atoms with Crippen molar-refractivity contribution in [1.29, 1.82) is 0 Å². The average molecular weight is 456 g/mol. The lowest BCUT2D eigenvalue weighted by Gasteiger charge is -2.56. The maximum Gasteiger partial charge on any atom is 0.224 e. The number of hydrogen-bond donors (Lipinski definition) is 3. The molecule has 1 heterocycles. The van der Waals surface area contributed by atoms with Gasteiger partial charge in [0, 0.05) is 24.4 Å². The van der Waals surface area contributed by atoms with Crippen LogP contribution in [0.1, 0.15) is 50.5 Å². The molecule has 1 aromatic heterocycles. The predicted octanol–water partition coefficient (Wildman–Crippen LogP) is 6.14. The van der Waals surface area contributed by atoms with E-state index in [0.29, 0.717) is 6.42 Å². The smallest absolute Gasteiger partial charge is 0.224 e. The Bertz CT molecular complexity index is 1170. The van der Waals surface area contributed by atoms with Crippen molar-refractivity contribution in [3.8, 4) is 5.75 Å². The van der Waals surface area contributed by atoms with Crippen LogP contribution in [0.15, 0.2) is 54.6 Å². The van der Waals surface area contributed by atoms with E-state index in [-0.39, 0.29) is 17.1 Å². The second-order valence-electron chi connectivity index (χ2n) is 11.1. The maximum atomic E-state index is 13.3. The van der Waals surface area contributed by atoms with Crippen LogP contribution in [0, 0.1) is 23.2 Å². The van der Waals surface area contributed by atoms with E-state index in [4.69, 9.17) is 4.98 Å². The molecule has 5 nitrogen and oxygen atoms in total. The van der Waals surface area contributed by atoms with Gasteiger partial charge in [0.1, 0.15) is 11.6 Å². The van der Waals surface area contributed by atoms with E-state index in [9.17, 15) is 9.90 Å². The van der Waals surface area contributed by atoms with E-state index in [2.05, 4.69) is 10.6 Å². The highest BCUT2D eigenvalue weighted by Gasteiger charge is 2.51. The zero-order chi connectivity index (χ0) is 23.1. The van der Waals surface area contributed by atoms with Crippen LogP contribution in [0.4, 0.5) is 11.5 Å². The molecule has 3 N–H and O–H groups in total. The SMILES string of the molecule is O=C(CC12CC3CC(CC(C3)C1)C2)Nc1cc(NCCc2ccc(O)cc2)nc2ccccc12. The van der Waals surface area contributed by atoms with Gasteiger partial charge in [-0.2, -0.15) is 0 Å². The monoisotopic (exact) mass is 455 g/mol. The van der Waals surface area contributed by atoms with Gasteiger partial charge in [-0.05, 0) is 91.9 Å². The van der Waals surface area contributed by atoms with Crippen LogP contribution in [-0.4, -0.2) is 22.5 Å². The molecule has 0 saturated heterocycles. The Morgan fingerprint density at radius 3 is 2.35 bits per heavy atom. The third kappa shape index (κ3) is 4.36. The minimum absolute atomic E-state index is 0.147. The first-order valence-corrected chi connectivity index (χ1v) is 12.8. The normalized spacial score (nSPS) is 27.1. The topological polar surface area (TPSA) is 74.2 Å². The molecular formula is C29H33N3O2. The van der Waals surface area contributed by atoms with Gasteiger partial charge < -0.3 is 15.7 Å². The molecule has 34 heavy (non-hydrogen) atoms. The van der Waals surface area contributed by atoms with E-state index < -0.39 is 0 Å². The zero-order valence-electron chi connectivity index (χ0n) is 19.6. The summed E-state index contributed by atoms with van der Waals surface area (Å²) in [6.45, 7) is 0.719. The van der Waals surface area contributed by atoms with E-state index in [1.807, 2.05) is 42.5 Å². The van der Waals surface area contributed by atoms with Gasteiger partial charge in [0.25, 0.3) is 0 Å². The number of carbonyl (C=O) groups is 1. The third-order valence-corrected chi connectivity index (χ3v) is 8.35. The highest BCUT2D eigenvalue weighted by molar-refractivity contribution is 6.02. The minimum Gasteiger partial charge on any atom is -0.508 e. The number of pyridine rings is 1. The minimum atomic E-state index is 0.147. The number of phenols is 1. The number of benzene rings is 2. The standard InChI is InChI=1S/C29H33N3O2/c33-23-7-5-19(6-8-23)9-10-30-27-14-26(24-3-1-2-4-25(24)31-27)32-28(34)18-29-15-20-11-21(16-29)13-22(12-20)17-29/h1-8,14,20-22,33H,9-13,15-18H2,(H2,30,31,32,34). The predicted molar refractivity (Wildman–Crippen MR) is 136 cm³/mol. The summed E-state index contributed by atoms with van der Waals surface area (Å²) in [7, 11) is 0. The molecule has 3 aromatic rings. The summed E-state index contributed by atoms with van der Waals surface area (Å²) in [5.41, 5.74) is 3.09. The molecular weight excluding hydrogens is 422 g/mol. The molecule has 1 amide bonds. The molecule has 4 aliphatic rings. The molecule has 0 spiro atoms. The molecule has 4 saturated carbocycles. The van der Waals surface area contributed by atoms with E-state index in [1.165, 1.54) is 38.5 Å². The Hall–Kier alpha value is -3.08. The van der Waals surface area contributed by atoms with Crippen LogP contribution in [0.25, 0.3) is 10.9 Å². The number of para-hydroxylation sites is 1. The Labute approximate surface area is 201 Å². The third-order valence-electron chi connectivity index (χ3n) is 8.35. The Morgan fingerprint density at radius 1 is 0.971 bits per heavy atom. The first kappa shape index (κ1) is 21.5. The summed E-state index contributed by atoms with van der Waals surface area (Å²) in [6.07, 6.45) is 9.40.